The molecule has 0 unspecified atom stereocenters. The number of hydrogen-bond donors (Lipinski definition) is 2. The summed E-state index contributed by atoms with van der Waals surface area (Å²) in [6.07, 6.45) is 0.872. The number of carboxylic acids is 1. The predicted octanol–water partition coefficient (Wildman–Crippen LogP) is 2.46. The van der Waals surface area contributed by atoms with Crippen LogP contribution in [0, 0.1) is 5.92 Å². The van der Waals surface area contributed by atoms with Crippen LogP contribution in [0.1, 0.15) is 30.0 Å². The number of aromatic amines is 1. The lowest BCUT2D eigenvalue weighted by atomic mass is 10.1. The second kappa shape index (κ2) is 3.96. The van der Waals surface area contributed by atoms with Gasteiger partial charge in [-0.2, -0.15) is 0 Å². The van der Waals surface area contributed by atoms with Crippen molar-refractivity contribution >= 4 is 17.0 Å². The van der Waals surface area contributed by atoms with E-state index in [9.17, 15) is 4.79 Å². The highest BCUT2D eigenvalue weighted by molar-refractivity contribution is 5.92. The Morgan fingerprint density at radius 3 is 2.88 bits per heavy atom. The maximum atomic E-state index is 10.8. The van der Waals surface area contributed by atoms with Crippen LogP contribution in [0.15, 0.2) is 18.2 Å². The summed E-state index contributed by atoms with van der Waals surface area (Å²) in [5, 5.41) is 8.86. The highest BCUT2D eigenvalue weighted by atomic mass is 16.4. The topological polar surface area (TPSA) is 66.0 Å². The van der Waals surface area contributed by atoms with Crippen molar-refractivity contribution in [3.63, 3.8) is 0 Å². The number of rotatable bonds is 3. The minimum absolute atomic E-state index is 0.284. The van der Waals surface area contributed by atoms with E-state index < -0.39 is 5.97 Å². The lowest BCUT2D eigenvalue weighted by Crippen LogP contribution is -1.95. The fourth-order valence-electron chi connectivity index (χ4n) is 1.68. The van der Waals surface area contributed by atoms with Gasteiger partial charge in [0, 0.05) is 6.42 Å². The number of nitrogens with zero attached hydrogens (tertiary/aromatic N) is 1. The van der Waals surface area contributed by atoms with Crippen LogP contribution in [0.4, 0.5) is 0 Å². The minimum atomic E-state index is -0.915. The molecule has 1 aromatic carbocycles. The average Bonchev–Trinajstić information content (AvgIpc) is 2.56. The van der Waals surface area contributed by atoms with Gasteiger partial charge in [-0.15, -0.1) is 0 Å². The van der Waals surface area contributed by atoms with Gasteiger partial charge in [0.2, 0.25) is 0 Å². The molecule has 0 saturated carbocycles. The Morgan fingerprint density at radius 2 is 2.25 bits per heavy atom. The summed E-state index contributed by atoms with van der Waals surface area (Å²) in [6, 6.07) is 4.93. The van der Waals surface area contributed by atoms with Crippen molar-refractivity contribution in [1.29, 1.82) is 0 Å². The van der Waals surface area contributed by atoms with Crippen molar-refractivity contribution in [2.45, 2.75) is 20.3 Å². The Labute approximate surface area is 93.3 Å². The molecule has 0 aliphatic rings. The molecule has 1 heterocycles. The zero-order chi connectivity index (χ0) is 11.7. The SMILES string of the molecule is CC(C)Cc1nc2ccc(C(=O)O)cc2[nH]1. The molecule has 0 aliphatic carbocycles. The molecule has 2 aromatic rings. The number of aromatic carboxylic acids is 1. The lowest BCUT2D eigenvalue weighted by Gasteiger charge is -1.98. The van der Waals surface area contributed by atoms with Crippen molar-refractivity contribution < 1.29 is 9.90 Å². The van der Waals surface area contributed by atoms with Crippen LogP contribution < -0.4 is 0 Å². The number of carboxylic acid groups (broad SMARTS) is 1. The van der Waals surface area contributed by atoms with Crippen molar-refractivity contribution in [2.75, 3.05) is 0 Å². The smallest absolute Gasteiger partial charge is 0.335 e. The lowest BCUT2D eigenvalue weighted by molar-refractivity contribution is 0.0697. The van der Waals surface area contributed by atoms with Crippen molar-refractivity contribution in [2.24, 2.45) is 5.92 Å². The first-order chi connectivity index (χ1) is 7.56. The van der Waals surface area contributed by atoms with Crippen LogP contribution in [0.3, 0.4) is 0 Å². The van der Waals surface area contributed by atoms with Crippen LogP contribution in [0.25, 0.3) is 11.0 Å². The number of nitrogens with one attached hydrogen (secondary N) is 1. The van der Waals surface area contributed by atoms with Gasteiger partial charge in [0.05, 0.1) is 16.6 Å². The molecule has 0 bridgehead atoms. The molecule has 0 saturated heterocycles. The molecule has 4 heteroatoms. The van der Waals surface area contributed by atoms with E-state index in [0.717, 1.165) is 23.3 Å². The number of H-pyrrole nitrogens is 1. The summed E-state index contributed by atoms with van der Waals surface area (Å²) in [5.74, 6) is 0.522. The van der Waals surface area contributed by atoms with E-state index in [2.05, 4.69) is 23.8 Å². The van der Waals surface area contributed by atoms with Gasteiger partial charge in [-0.05, 0) is 24.1 Å². The molecule has 0 aliphatic heterocycles. The Bertz CT molecular complexity index is 529. The third kappa shape index (κ3) is 2.05. The van der Waals surface area contributed by atoms with Gasteiger partial charge in [-0.1, -0.05) is 13.8 Å². The quantitative estimate of drug-likeness (QED) is 0.831. The molecular formula is C12H14N2O2. The van der Waals surface area contributed by atoms with Crippen molar-refractivity contribution in [3.8, 4) is 0 Å². The van der Waals surface area contributed by atoms with Gasteiger partial charge < -0.3 is 10.1 Å². The molecule has 0 atom stereocenters. The number of carbonyl (C=O) groups is 1. The van der Waals surface area contributed by atoms with Crippen LogP contribution in [0.2, 0.25) is 0 Å². The summed E-state index contributed by atoms with van der Waals surface area (Å²) < 4.78 is 0. The number of imidazole rings is 1. The Balaban J connectivity index is 2.42. The zero-order valence-electron chi connectivity index (χ0n) is 9.32. The molecule has 0 radical (unpaired) electrons. The monoisotopic (exact) mass is 218 g/mol. The molecule has 0 fully saturated rings. The Kier molecular flexibility index (Phi) is 2.64. The second-order valence-electron chi connectivity index (χ2n) is 4.32. The zero-order valence-corrected chi connectivity index (χ0v) is 9.32. The first-order valence-electron chi connectivity index (χ1n) is 5.28. The van der Waals surface area contributed by atoms with Gasteiger partial charge >= 0.3 is 5.97 Å². The molecule has 2 rings (SSSR count). The van der Waals surface area contributed by atoms with E-state index in [1.54, 1.807) is 18.2 Å². The van der Waals surface area contributed by atoms with Crippen LogP contribution in [0.5, 0.6) is 0 Å². The van der Waals surface area contributed by atoms with Gasteiger partial charge in [0.25, 0.3) is 0 Å². The first-order valence-corrected chi connectivity index (χ1v) is 5.28. The summed E-state index contributed by atoms with van der Waals surface area (Å²) in [4.78, 5) is 18.3. The van der Waals surface area contributed by atoms with E-state index >= 15 is 0 Å². The fourth-order valence-corrected chi connectivity index (χ4v) is 1.68. The highest BCUT2D eigenvalue weighted by Crippen LogP contribution is 2.15. The molecule has 16 heavy (non-hydrogen) atoms. The van der Waals surface area contributed by atoms with Crippen LogP contribution in [-0.4, -0.2) is 21.0 Å². The van der Waals surface area contributed by atoms with Crippen LogP contribution in [-0.2, 0) is 6.42 Å². The molecule has 1 aromatic heterocycles. The Morgan fingerprint density at radius 1 is 1.50 bits per heavy atom. The summed E-state index contributed by atoms with van der Waals surface area (Å²) in [6.45, 7) is 4.24. The van der Waals surface area contributed by atoms with E-state index in [0.29, 0.717) is 5.92 Å². The summed E-state index contributed by atoms with van der Waals surface area (Å²) >= 11 is 0. The van der Waals surface area contributed by atoms with Gasteiger partial charge in [0.15, 0.2) is 0 Å². The summed E-state index contributed by atoms with van der Waals surface area (Å²) in [5.41, 5.74) is 1.89. The standard InChI is InChI=1S/C12H14N2O2/c1-7(2)5-11-13-9-4-3-8(12(15)16)6-10(9)14-11/h3-4,6-7H,5H2,1-2H3,(H,13,14)(H,15,16). The summed E-state index contributed by atoms with van der Waals surface area (Å²) in [7, 11) is 0. The fraction of sp³-hybridized carbons (Fsp3) is 0.333. The van der Waals surface area contributed by atoms with Crippen molar-refractivity contribution in [3.05, 3.63) is 29.6 Å². The predicted molar refractivity (Wildman–Crippen MR) is 61.6 cm³/mol. The van der Waals surface area contributed by atoms with E-state index in [1.807, 2.05) is 0 Å². The maximum Gasteiger partial charge on any atom is 0.335 e. The molecule has 4 nitrogen and oxygen atoms in total. The molecule has 0 spiro atoms. The van der Waals surface area contributed by atoms with Gasteiger partial charge in [-0.3, -0.25) is 0 Å². The second-order valence-corrected chi connectivity index (χ2v) is 4.32. The molecular weight excluding hydrogens is 204 g/mol. The molecule has 84 valence electrons. The Hall–Kier alpha value is -1.84. The van der Waals surface area contributed by atoms with E-state index in [-0.39, 0.29) is 5.56 Å². The third-order valence-corrected chi connectivity index (χ3v) is 2.38. The molecule has 2 N–H and O–H groups in total. The first kappa shape index (κ1) is 10.7. The van der Waals surface area contributed by atoms with Crippen molar-refractivity contribution in [1.82, 2.24) is 9.97 Å². The maximum absolute atomic E-state index is 10.8. The van der Waals surface area contributed by atoms with E-state index in [4.69, 9.17) is 5.11 Å². The minimum Gasteiger partial charge on any atom is -0.478 e. The van der Waals surface area contributed by atoms with Gasteiger partial charge in [0.1, 0.15) is 5.82 Å². The van der Waals surface area contributed by atoms with Crippen LogP contribution >= 0.6 is 0 Å². The number of benzene rings is 1. The highest BCUT2D eigenvalue weighted by Gasteiger charge is 2.08. The number of aromatic nitrogens is 2. The normalized spacial score (nSPS) is 11.2. The van der Waals surface area contributed by atoms with E-state index in [1.165, 1.54) is 0 Å². The average molecular weight is 218 g/mol. The number of fused-ring (bicyclic) bond motifs is 1. The largest absolute Gasteiger partial charge is 0.478 e. The third-order valence-electron chi connectivity index (χ3n) is 2.38. The molecule has 0 amide bonds. The number of hydrogen-bond acceptors (Lipinski definition) is 2. The van der Waals surface area contributed by atoms with Gasteiger partial charge in [-0.25, -0.2) is 9.78 Å².